The van der Waals surface area contributed by atoms with E-state index in [0.29, 0.717) is 6.20 Å². The third-order valence-electron chi connectivity index (χ3n) is 1.59. The molecule has 1 N–H and O–H groups in total. The van der Waals surface area contributed by atoms with Crippen LogP contribution in [-0.4, -0.2) is 32.0 Å². The number of hydrogen-bond acceptors (Lipinski definition) is 6. The Morgan fingerprint density at radius 3 is 2.39 bits per heavy atom. The zero-order chi connectivity index (χ0) is 14.1. The minimum Gasteiger partial charge on any atom is -0.505 e. The first-order chi connectivity index (χ1) is 8.06. The monoisotopic (exact) mass is 307 g/mol. The van der Waals surface area contributed by atoms with Gasteiger partial charge in [-0.25, -0.2) is 13.4 Å². The number of alkyl halides is 3. The number of rotatable bonds is 3. The van der Waals surface area contributed by atoms with Crippen LogP contribution in [0.2, 0.25) is 0 Å². The molecule has 0 bridgehead atoms. The fraction of sp³-hybridized carbons (Fsp3) is 0.286. The van der Waals surface area contributed by atoms with Crippen LogP contribution in [0.1, 0.15) is 0 Å². The lowest BCUT2D eigenvalue weighted by atomic mass is 10.4. The van der Waals surface area contributed by atoms with E-state index in [2.05, 4.69) is 14.5 Å². The van der Waals surface area contributed by atoms with Gasteiger partial charge in [0.05, 0.1) is 13.3 Å². The number of aromatic hydroxyl groups is 1. The third kappa shape index (κ3) is 3.29. The van der Waals surface area contributed by atoms with E-state index in [9.17, 15) is 26.7 Å². The Morgan fingerprint density at radius 1 is 1.44 bits per heavy atom. The Balaban J connectivity index is 3.57. The van der Waals surface area contributed by atoms with Crippen LogP contribution in [-0.2, 0) is 9.05 Å². The zero-order valence-electron chi connectivity index (χ0n) is 8.52. The summed E-state index contributed by atoms with van der Waals surface area (Å²) in [7, 11) is 1.15. The Bertz CT molecular complexity index is 559. The van der Waals surface area contributed by atoms with E-state index in [1.54, 1.807) is 0 Å². The summed E-state index contributed by atoms with van der Waals surface area (Å²) in [6.07, 6.45) is -4.64. The standard InChI is InChI=1S/C7H5ClF3NO5S/c1-16-6-4(17-7(9,10)11)5(18(8,14)15)3(13)2-12-6/h2,13H,1H3. The molecule has 0 fully saturated rings. The molecule has 102 valence electrons. The highest BCUT2D eigenvalue weighted by Gasteiger charge is 2.37. The summed E-state index contributed by atoms with van der Waals surface area (Å²) in [6.45, 7) is 0. The molecule has 1 heterocycles. The predicted octanol–water partition coefficient (Wildman–Crippen LogP) is 1.62. The van der Waals surface area contributed by atoms with Crippen molar-refractivity contribution in [3.63, 3.8) is 0 Å². The van der Waals surface area contributed by atoms with Gasteiger partial charge in [-0.3, -0.25) is 0 Å². The molecule has 0 unspecified atom stereocenters. The first-order valence-electron chi connectivity index (χ1n) is 4.02. The maximum Gasteiger partial charge on any atom is 0.573 e. The second kappa shape index (κ2) is 4.69. The number of methoxy groups -OCH3 is 1. The van der Waals surface area contributed by atoms with Gasteiger partial charge in [0.15, 0.2) is 10.6 Å². The Kier molecular flexibility index (Phi) is 3.81. The molecule has 0 saturated heterocycles. The molecule has 0 aromatic carbocycles. The first kappa shape index (κ1) is 14.6. The van der Waals surface area contributed by atoms with Crippen molar-refractivity contribution in [1.82, 2.24) is 4.98 Å². The molecule has 1 rings (SSSR count). The average Bonchev–Trinajstić information content (AvgIpc) is 2.13. The van der Waals surface area contributed by atoms with Crippen molar-refractivity contribution in [2.75, 3.05) is 7.11 Å². The molecule has 0 amide bonds. The number of halogens is 4. The molecule has 0 aliphatic rings. The van der Waals surface area contributed by atoms with E-state index in [0.717, 1.165) is 7.11 Å². The molecule has 6 nitrogen and oxygen atoms in total. The molecule has 1 aromatic rings. The minimum absolute atomic E-state index is 0.567. The van der Waals surface area contributed by atoms with Gasteiger partial charge in [-0.05, 0) is 0 Å². The third-order valence-corrected chi connectivity index (χ3v) is 2.94. The molecular weight excluding hydrogens is 303 g/mol. The largest absolute Gasteiger partial charge is 0.573 e. The van der Waals surface area contributed by atoms with Crippen LogP contribution in [0.5, 0.6) is 17.4 Å². The van der Waals surface area contributed by atoms with E-state index in [1.807, 2.05) is 0 Å². The van der Waals surface area contributed by atoms with Gasteiger partial charge < -0.3 is 14.6 Å². The molecule has 0 aliphatic heterocycles. The van der Waals surface area contributed by atoms with Gasteiger partial charge in [0, 0.05) is 10.7 Å². The quantitative estimate of drug-likeness (QED) is 0.854. The second-order valence-electron chi connectivity index (χ2n) is 2.80. The van der Waals surface area contributed by atoms with Crippen molar-refractivity contribution < 1.29 is 36.2 Å². The average molecular weight is 308 g/mol. The highest BCUT2D eigenvalue weighted by atomic mass is 35.7. The molecular formula is C7H5ClF3NO5S. The molecule has 0 saturated carbocycles. The molecule has 0 spiro atoms. The van der Waals surface area contributed by atoms with E-state index >= 15 is 0 Å². The molecule has 11 heteroatoms. The summed E-state index contributed by atoms with van der Waals surface area (Å²) in [4.78, 5) is 1.96. The normalized spacial score (nSPS) is 12.3. The summed E-state index contributed by atoms with van der Waals surface area (Å²) < 4.78 is 66.5. The SMILES string of the molecule is COc1ncc(O)c(S(=O)(=O)Cl)c1OC(F)(F)F. The maximum absolute atomic E-state index is 12.1. The van der Waals surface area contributed by atoms with Gasteiger partial charge in [0.25, 0.3) is 14.9 Å². The van der Waals surface area contributed by atoms with Crippen molar-refractivity contribution >= 4 is 19.7 Å². The molecule has 1 aromatic heterocycles. The fourth-order valence-corrected chi connectivity index (χ4v) is 2.14. The van der Waals surface area contributed by atoms with Crippen LogP contribution in [0.15, 0.2) is 11.1 Å². The van der Waals surface area contributed by atoms with Crippen LogP contribution in [0.25, 0.3) is 0 Å². The Labute approximate surface area is 103 Å². The Hall–Kier alpha value is -1.42. The van der Waals surface area contributed by atoms with Crippen LogP contribution in [0, 0.1) is 0 Å². The predicted molar refractivity (Wildman–Crippen MR) is 52.2 cm³/mol. The van der Waals surface area contributed by atoms with Gasteiger partial charge in [0.2, 0.25) is 5.75 Å². The number of hydrogen-bond donors (Lipinski definition) is 1. The van der Waals surface area contributed by atoms with Gasteiger partial charge >= 0.3 is 6.36 Å². The lowest BCUT2D eigenvalue weighted by molar-refractivity contribution is -0.276. The van der Waals surface area contributed by atoms with Crippen molar-refractivity contribution in [2.45, 2.75) is 11.3 Å². The van der Waals surface area contributed by atoms with Crippen molar-refractivity contribution in [2.24, 2.45) is 0 Å². The Morgan fingerprint density at radius 2 is 2.00 bits per heavy atom. The number of ether oxygens (including phenoxy) is 2. The molecule has 0 aliphatic carbocycles. The number of nitrogens with zero attached hydrogens (tertiary/aromatic N) is 1. The second-order valence-corrected chi connectivity index (χ2v) is 5.30. The number of aromatic nitrogens is 1. The van der Waals surface area contributed by atoms with E-state index in [1.165, 1.54) is 0 Å². The minimum atomic E-state index is -5.21. The summed E-state index contributed by atoms with van der Waals surface area (Å²) in [5.74, 6) is -3.21. The highest BCUT2D eigenvalue weighted by molar-refractivity contribution is 8.13. The lowest BCUT2D eigenvalue weighted by Gasteiger charge is -2.14. The topological polar surface area (TPSA) is 85.7 Å². The lowest BCUT2D eigenvalue weighted by Crippen LogP contribution is -2.19. The highest BCUT2D eigenvalue weighted by Crippen LogP contribution is 2.42. The smallest absolute Gasteiger partial charge is 0.505 e. The van der Waals surface area contributed by atoms with Crippen LogP contribution < -0.4 is 9.47 Å². The maximum atomic E-state index is 12.1. The summed E-state index contributed by atoms with van der Waals surface area (Å²) in [5.41, 5.74) is 0. The van der Waals surface area contributed by atoms with Gasteiger partial charge in [-0.1, -0.05) is 0 Å². The first-order valence-corrected chi connectivity index (χ1v) is 6.33. The van der Waals surface area contributed by atoms with Crippen molar-refractivity contribution in [1.29, 1.82) is 0 Å². The van der Waals surface area contributed by atoms with Crippen molar-refractivity contribution in [3.05, 3.63) is 6.20 Å². The zero-order valence-corrected chi connectivity index (χ0v) is 10.1. The van der Waals surface area contributed by atoms with Crippen LogP contribution >= 0.6 is 10.7 Å². The van der Waals surface area contributed by atoms with Crippen LogP contribution in [0.4, 0.5) is 13.2 Å². The molecule has 18 heavy (non-hydrogen) atoms. The summed E-state index contributed by atoms with van der Waals surface area (Å²) in [6, 6.07) is 0. The van der Waals surface area contributed by atoms with Crippen molar-refractivity contribution in [3.8, 4) is 17.4 Å². The molecule has 0 atom stereocenters. The van der Waals surface area contributed by atoms with Gasteiger partial charge in [-0.2, -0.15) is 0 Å². The summed E-state index contributed by atoms with van der Waals surface area (Å²) >= 11 is 0. The molecule has 0 radical (unpaired) electrons. The number of pyridine rings is 1. The van der Waals surface area contributed by atoms with E-state index in [-0.39, 0.29) is 0 Å². The van der Waals surface area contributed by atoms with E-state index < -0.39 is 37.7 Å². The van der Waals surface area contributed by atoms with Gasteiger partial charge in [0.1, 0.15) is 0 Å². The van der Waals surface area contributed by atoms with E-state index in [4.69, 9.17) is 10.7 Å². The summed E-state index contributed by atoms with van der Waals surface area (Å²) in [5, 5.41) is 9.21. The van der Waals surface area contributed by atoms with Crippen LogP contribution in [0.3, 0.4) is 0 Å². The fourth-order valence-electron chi connectivity index (χ4n) is 1.04. The van der Waals surface area contributed by atoms with Gasteiger partial charge in [-0.15, -0.1) is 13.2 Å².